The minimum atomic E-state index is -0.949. The number of hydrogen-bond donors (Lipinski definition) is 1. The lowest BCUT2D eigenvalue weighted by molar-refractivity contribution is 0.0697. The number of carboxylic acids is 1. The number of benzene rings is 1. The van der Waals surface area contributed by atoms with E-state index in [2.05, 4.69) is 32.7 Å². The molecule has 0 aromatic heterocycles. The highest BCUT2D eigenvalue weighted by Gasteiger charge is 2.14. The molecule has 1 aromatic carbocycles. The van der Waals surface area contributed by atoms with Crippen molar-refractivity contribution in [2.45, 2.75) is 39.8 Å². The van der Waals surface area contributed by atoms with Gasteiger partial charge in [-0.25, -0.2) is 4.79 Å². The van der Waals surface area contributed by atoms with Crippen molar-refractivity contribution >= 4 is 17.6 Å². The molecule has 0 aliphatic rings. The van der Waals surface area contributed by atoms with Gasteiger partial charge in [-0.3, -0.25) is 4.90 Å². The van der Waals surface area contributed by atoms with E-state index in [0.29, 0.717) is 17.0 Å². The zero-order valence-corrected chi connectivity index (χ0v) is 12.7. The van der Waals surface area contributed by atoms with E-state index >= 15 is 0 Å². The first-order valence-corrected chi connectivity index (χ1v) is 6.91. The highest BCUT2D eigenvalue weighted by atomic mass is 35.5. The lowest BCUT2D eigenvalue weighted by Crippen LogP contribution is -2.29. The molecule has 1 aromatic rings. The molecule has 19 heavy (non-hydrogen) atoms. The Kier molecular flexibility index (Phi) is 5.83. The largest absolute Gasteiger partial charge is 0.478 e. The number of aromatic carboxylic acids is 1. The predicted molar refractivity (Wildman–Crippen MR) is 78.8 cm³/mol. The van der Waals surface area contributed by atoms with Crippen LogP contribution in [0.1, 0.15) is 43.1 Å². The Hall–Kier alpha value is -1.06. The molecule has 0 amide bonds. The van der Waals surface area contributed by atoms with Crippen molar-refractivity contribution in [2.75, 3.05) is 7.05 Å². The Labute approximate surface area is 120 Å². The van der Waals surface area contributed by atoms with Crippen molar-refractivity contribution in [3.05, 3.63) is 34.3 Å². The number of rotatable bonds is 6. The second-order valence-electron chi connectivity index (χ2n) is 5.51. The SMILES string of the molecule is CC(C)CC(C)N(C)Cc1ccc(C(=O)O)cc1Cl. The zero-order valence-electron chi connectivity index (χ0n) is 12.0. The van der Waals surface area contributed by atoms with Gasteiger partial charge in [0.25, 0.3) is 0 Å². The molecule has 0 saturated carbocycles. The van der Waals surface area contributed by atoms with E-state index in [1.807, 2.05) is 0 Å². The van der Waals surface area contributed by atoms with Gasteiger partial charge in [-0.15, -0.1) is 0 Å². The molecule has 0 aliphatic heterocycles. The van der Waals surface area contributed by atoms with Crippen molar-refractivity contribution in [3.63, 3.8) is 0 Å². The van der Waals surface area contributed by atoms with Crippen LogP contribution in [0.3, 0.4) is 0 Å². The van der Waals surface area contributed by atoms with Crippen LogP contribution in [0.25, 0.3) is 0 Å². The molecule has 0 bridgehead atoms. The summed E-state index contributed by atoms with van der Waals surface area (Å²) in [4.78, 5) is 13.1. The number of hydrogen-bond acceptors (Lipinski definition) is 2. The summed E-state index contributed by atoms with van der Waals surface area (Å²) in [6.45, 7) is 7.34. The Morgan fingerprint density at radius 3 is 2.47 bits per heavy atom. The first kappa shape index (κ1) is 16.0. The Morgan fingerprint density at radius 1 is 1.37 bits per heavy atom. The molecule has 0 saturated heterocycles. The van der Waals surface area contributed by atoms with Crippen molar-refractivity contribution in [1.82, 2.24) is 4.90 Å². The summed E-state index contributed by atoms with van der Waals surface area (Å²) >= 11 is 6.14. The van der Waals surface area contributed by atoms with Gasteiger partial charge in [-0.1, -0.05) is 31.5 Å². The van der Waals surface area contributed by atoms with E-state index in [9.17, 15) is 4.79 Å². The van der Waals surface area contributed by atoms with Crippen LogP contribution in [-0.2, 0) is 6.54 Å². The second kappa shape index (κ2) is 6.92. The molecule has 0 spiro atoms. The molecule has 0 radical (unpaired) electrons. The van der Waals surface area contributed by atoms with Gasteiger partial charge in [0.1, 0.15) is 0 Å². The lowest BCUT2D eigenvalue weighted by Gasteiger charge is -2.26. The van der Waals surface area contributed by atoms with Gasteiger partial charge < -0.3 is 5.11 Å². The molecule has 0 fully saturated rings. The standard InChI is InChI=1S/C15H22ClNO2/c1-10(2)7-11(3)17(4)9-13-6-5-12(15(18)19)8-14(13)16/h5-6,8,10-11H,7,9H2,1-4H3,(H,18,19). The Bertz CT molecular complexity index is 446. The van der Waals surface area contributed by atoms with E-state index in [-0.39, 0.29) is 5.56 Å². The molecule has 0 heterocycles. The summed E-state index contributed by atoms with van der Waals surface area (Å²) in [6.07, 6.45) is 1.13. The summed E-state index contributed by atoms with van der Waals surface area (Å²) < 4.78 is 0. The number of carboxylic acid groups (broad SMARTS) is 1. The average molecular weight is 284 g/mol. The highest BCUT2D eigenvalue weighted by molar-refractivity contribution is 6.31. The third-order valence-corrected chi connectivity index (χ3v) is 3.64. The van der Waals surface area contributed by atoms with Crippen LogP contribution in [0.4, 0.5) is 0 Å². The first-order valence-electron chi connectivity index (χ1n) is 6.53. The van der Waals surface area contributed by atoms with Gasteiger partial charge in [-0.05, 0) is 44.0 Å². The summed E-state index contributed by atoms with van der Waals surface area (Å²) in [5, 5.41) is 9.42. The normalized spacial score (nSPS) is 13.0. The summed E-state index contributed by atoms with van der Waals surface area (Å²) in [5.41, 5.74) is 1.19. The zero-order chi connectivity index (χ0) is 14.6. The molecule has 1 atom stereocenters. The van der Waals surface area contributed by atoms with E-state index < -0.39 is 5.97 Å². The maximum Gasteiger partial charge on any atom is 0.335 e. The van der Waals surface area contributed by atoms with Crippen molar-refractivity contribution in [2.24, 2.45) is 5.92 Å². The second-order valence-corrected chi connectivity index (χ2v) is 5.91. The average Bonchev–Trinajstić information content (AvgIpc) is 2.30. The first-order chi connectivity index (χ1) is 8.81. The minimum Gasteiger partial charge on any atom is -0.478 e. The van der Waals surface area contributed by atoms with Crippen LogP contribution in [0, 0.1) is 5.92 Å². The maximum atomic E-state index is 10.8. The van der Waals surface area contributed by atoms with Gasteiger partial charge in [0.2, 0.25) is 0 Å². The number of carbonyl (C=O) groups is 1. The molecule has 1 unspecified atom stereocenters. The van der Waals surface area contributed by atoms with Crippen LogP contribution in [0.5, 0.6) is 0 Å². The maximum absolute atomic E-state index is 10.8. The number of nitrogens with zero attached hydrogens (tertiary/aromatic N) is 1. The molecule has 0 aliphatic carbocycles. The fourth-order valence-corrected chi connectivity index (χ4v) is 2.34. The van der Waals surface area contributed by atoms with E-state index in [0.717, 1.165) is 18.5 Å². The van der Waals surface area contributed by atoms with Gasteiger partial charge in [0.15, 0.2) is 0 Å². The highest BCUT2D eigenvalue weighted by Crippen LogP contribution is 2.21. The van der Waals surface area contributed by atoms with Crippen LogP contribution in [-0.4, -0.2) is 29.1 Å². The van der Waals surface area contributed by atoms with Crippen molar-refractivity contribution < 1.29 is 9.90 Å². The molecule has 3 nitrogen and oxygen atoms in total. The molecular formula is C15H22ClNO2. The summed E-state index contributed by atoms with van der Waals surface area (Å²) in [6, 6.07) is 5.38. The lowest BCUT2D eigenvalue weighted by atomic mass is 10.0. The molecule has 1 N–H and O–H groups in total. The molecule has 106 valence electrons. The number of halogens is 1. The van der Waals surface area contributed by atoms with E-state index in [1.54, 1.807) is 12.1 Å². The monoisotopic (exact) mass is 283 g/mol. The van der Waals surface area contributed by atoms with Crippen LogP contribution in [0.2, 0.25) is 5.02 Å². The van der Waals surface area contributed by atoms with Crippen molar-refractivity contribution in [1.29, 1.82) is 0 Å². The predicted octanol–water partition coefficient (Wildman–Crippen LogP) is 3.90. The fraction of sp³-hybridized carbons (Fsp3) is 0.533. The van der Waals surface area contributed by atoms with E-state index in [4.69, 9.17) is 16.7 Å². The van der Waals surface area contributed by atoms with Gasteiger partial charge >= 0.3 is 5.97 Å². The summed E-state index contributed by atoms with van der Waals surface area (Å²) in [5.74, 6) is -0.294. The molecule has 1 rings (SSSR count). The van der Waals surface area contributed by atoms with Crippen LogP contribution < -0.4 is 0 Å². The van der Waals surface area contributed by atoms with Gasteiger partial charge in [0, 0.05) is 17.6 Å². The molecule has 4 heteroatoms. The van der Waals surface area contributed by atoms with Gasteiger partial charge in [-0.2, -0.15) is 0 Å². The molecular weight excluding hydrogens is 262 g/mol. The fourth-order valence-electron chi connectivity index (χ4n) is 2.10. The topological polar surface area (TPSA) is 40.5 Å². The smallest absolute Gasteiger partial charge is 0.335 e. The Balaban J connectivity index is 2.74. The van der Waals surface area contributed by atoms with Crippen LogP contribution >= 0.6 is 11.6 Å². The minimum absolute atomic E-state index is 0.228. The van der Waals surface area contributed by atoms with E-state index in [1.165, 1.54) is 6.07 Å². The van der Waals surface area contributed by atoms with Gasteiger partial charge in [0.05, 0.1) is 5.56 Å². The quantitative estimate of drug-likeness (QED) is 0.861. The third-order valence-electron chi connectivity index (χ3n) is 3.28. The van der Waals surface area contributed by atoms with Crippen molar-refractivity contribution in [3.8, 4) is 0 Å². The third kappa shape index (κ3) is 4.84. The van der Waals surface area contributed by atoms with Crippen LogP contribution in [0.15, 0.2) is 18.2 Å². The Morgan fingerprint density at radius 2 is 2.00 bits per heavy atom. The summed E-state index contributed by atoms with van der Waals surface area (Å²) in [7, 11) is 2.06.